The topological polar surface area (TPSA) is 41.6 Å². The summed E-state index contributed by atoms with van der Waals surface area (Å²) in [6.07, 6.45) is 3.14. The number of nitrogens with one attached hydrogen (secondary N) is 1. The van der Waals surface area contributed by atoms with Crippen molar-refractivity contribution in [2.24, 2.45) is 0 Å². The monoisotopic (exact) mass is 185 g/mol. The van der Waals surface area contributed by atoms with Crippen molar-refractivity contribution in [1.29, 1.82) is 0 Å². The molecule has 2 aromatic heterocycles. The first-order valence-electron chi connectivity index (χ1n) is 2.95. The maximum atomic E-state index is 5.78. The molecule has 0 bridgehead atoms. The van der Waals surface area contributed by atoms with Gasteiger partial charge in [0, 0.05) is 11.1 Å². The molecule has 56 valence electrons. The van der Waals surface area contributed by atoms with Crippen LogP contribution in [0.4, 0.5) is 0 Å². The van der Waals surface area contributed by atoms with Gasteiger partial charge in [0.25, 0.3) is 0 Å². The van der Waals surface area contributed by atoms with E-state index in [-0.39, 0.29) is 0 Å². The summed E-state index contributed by atoms with van der Waals surface area (Å²) in [7, 11) is 0. The number of nitrogens with zero attached hydrogens (tertiary/aromatic N) is 2. The molecular weight excluding hydrogens is 182 g/mol. The van der Waals surface area contributed by atoms with Crippen molar-refractivity contribution in [3.8, 4) is 0 Å². The number of rotatable bonds is 0. The normalized spacial score (nSPS) is 10.7. The summed E-state index contributed by atoms with van der Waals surface area (Å²) < 4.78 is 0. The first kappa shape index (κ1) is 6.94. The molecule has 0 saturated carbocycles. The van der Waals surface area contributed by atoms with Gasteiger partial charge in [-0.05, 0) is 0 Å². The van der Waals surface area contributed by atoms with Crippen LogP contribution in [0.3, 0.4) is 0 Å². The molecule has 2 rings (SSSR count). The summed E-state index contributed by atoms with van der Waals surface area (Å²) in [5.74, 6) is 0. The van der Waals surface area contributed by atoms with Crippen LogP contribution < -0.4 is 0 Å². The second-order valence-corrected chi connectivity index (χ2v) is 2.90. The number of halogens is 1. The third kappa shape index (κ3) is 0.985. The molecule has 3 nitrogen and oxygen atoms in total. The van der Waals surface area contributed by atoms with E-state index >= 15 is 0 Å². The van der Waals surface area contributed by atoms with Crippen LogP contribution in [-0.2, 0) is 0 Å². The SMILES string of the molecule is Sc1c[nH]c2ncnc(Cl)c12. The number of H-pyrrole nitrogens is 1. The average molecular weight is 186 g/mol. The minimum Gasteiger partial charge on any atom is -0.345 e. The van der Waals surface area contributed by atoms with Crippen molar-refractivity contribution in [2.75, 3.05) is 0 Å². The summed E-state index contributed by atoms with van der Waals surface area (Å²) in [5.41, 5.74) is 0.718. The van der Waals surface area contributed by atoms with Gasteiger partial charge in [-0.25, -0.2) is 9.97 Å². The minimum atomic E-state index is 0.432. The molecule has 5 heteroatoms. The molecule has 0 amide bonds. The van der Waals surface area contributed by atoms with Crippen LogP contribution >= 0.6 is 24.2 Å². The fourth-order valence-corrected chi connectivity index (χ4v) is 1.49. The molecule has 0 atom stereocenters. The van der Waals surface area contributed by atoms with E-state index in [1.165, 1.54) is 6.33 Å². The quantitative estimate of drug-likeness (QED) is 0.486. The van der Waals surface area contributed by atoms with Gasteiger partial charge in [-0.2, -0.15) is 0 Å². The summed E-state index contributed by atoms with van der Waals surface area (Å²) in [6, 6.07) is 0. The lowest BCUT2D eigenvalue weighted by molar-refractivity contribution is 1.20. The first-order chi connectivity index (χ1) is 5.29. The Morgan fingerprint density at radius 3 is 3.00 bits per heavy atom. The average Bonchev–Trinajstić information content (AvgIpc) is 2.34. The molecule has 0 aromatic carbocycles. The first-order valence-corrected chi connectivity index (χ1v) is 3.78. The minimum absolute atomic E-state index is 0.432. The van der Waals surface area contributed by atoms with Gasteiger partial charge in [-0.1, -0.05) is 11.6 Å². The van der Waals surface area contributed by atoms with Gasteiger partial charge in [0.1, 0.15) is 17.1 Å². The second kappa shape index (κ2) is 2.39. The molecule has 0 aliphatic rings. The predicted octanol–water partition coefficient (Wildman–Crippen LogP) is 1.90. The largest absolute Gasteiger partial charge is 0.345 e. The number of fused-ring (bicyclic) bond motifs is 1. The highest BCUT2D eigenvalue weighted by Crippen LogP contribution is 2.24. The maximum absolute atomic E-state index is 5.78. The molecule has 0 unspecified atom stereocenters. The van der Waals surface area contributed by atoms with Crippen LogP contribution in [0.15, 0.2) is 17.4 Å². The van der Waals surface area contributed by atoms with Crippen molar-refractivity contribution < 1.29 is 0 Å². The Balaban J connectivity index is 2.96. The standard InChI is InChI=1S/C6H4ClN3S/c7-5-4-3(11)1-8-6(4)10-2-9-5/h1-2,11H,(H,8,9,10). The number of aromatic amines is 1. The van der Waals surface area contributed by atoms with Gasteiger partial charge < -0.3 is 4.98 Å². The molecule has 2 aromatic rings. The molecule has 0 radical (unpaired) electrons. The van der Waals surface area contributed by atoms with Crippen molar-refractivity contribution in [3.63, 3.8) is 0 Å². The van der Waals surface area contributed by atoms with Crippen molar-refractivity contribution in [2.45, 2.75) is 4.90 Å². The highest BCUT2D eigenvalue weighted by Gasteiger charge is 2.05. The van der Waals surface area contributed by atoms with Crippen LogP contribution in [0.2, 0.25) is 5.15 Å². The van der Waals surface area contributed by atoms with Crippen LogP contribution in [0.1, 0.15) is 0 Å². The lowest BCUT2D eigenvalue weighted by Gasteiger charge is -1.90. The Bertz CT molecular complexity index is 398. The van der Waals surface area contributed by atoms with Crippen molar-refractivity contribution >= 4 is 35.3 Å². The van der Waals surface area contributed by atoms with E-state index in [4.69, 9.17) is 11.6 Å². The van der Waals surface area contributed by atoms with Crippen molar-refractivity contribution in [1.82, 2.24) is 15.0 Å². The summed E-state index contributed by atoms with van der Waals surface area (Å²) >= 11 is 9.96. The highest BCUT2D eigenvalue weighted by molar-refractivity contribution is 7.80. The van der Waals surface area contributed by atoms with E-state index in [0.29, 0.717) is 5.15 Å². The van der Waals surface area contributed by atoms with E-state index in [0.717, 1.165) is 15.9 Å². The zero-order valence-corrected chi connectivity index (χ0v) is 7.02. The molecule has 0 saturated heterocycles. The zero-order valence-electron chi connectivity index (χ0n) is 5.37. The van der Waals surface area contributed by atoms with Crippen LogP contribution in [0.5, 0.6) is 0 Å². The second-order valence-electron chi connectivity index (χ2n) is 2.06. The van der Waals surface area contributed by atoms with Gasteiger partial charge in [0.2, 0.25) is 0 Å². The Labute approximate surface area is 73.2 Å². The van der Waals surface area contributed by atoms with Gasteiger partial charge in [0.15, 0.2) is 0 Å². The van der Waals surface area contributed by atoms with E-state index in [2.05, 4.69) is 27.6 Å². The number of hydrogen-bond acceptors (Lipinski definition) is 3. The summed E-state index contributed by atoms with van der Waals surface area (Å²) in [4.78, 5) is 11.5. The molecule has 0 spiro atoms. The van der Waals surface area contributed by atoms with Gasteiger partial charge in [0.05, 0.1) is 5.39 Å². The number of aromatic nitrogens is 3. The third-order valence-corrected chi connectivity index (χ3v) is 2.04. The number of thiol groups is 1. The van der Waals surface area contributed by atoms with E-state index in [1.54, 1.807) is 6.20 Å². The van der Waals surface area contributed by atoms with E-state index in [1.807, 2.05) is 0 Å². The lowest BCUT2D eigenvalue weighted by atomic mass is 10.4. The lowest BCUT2D eigenvalue weighted by Crippen LogP contribution is -1.80. The summed E-state index contributed by atoms with van der Waals surface area (Å²) in [6.45, 7) is 0. The Morgan fingerprint density at radius 2 is 2.27 bits per heavy atom. The van der Waals surface area contributed by atoms with Crippen molar-refractivity contribution in [3.05, 3.63) is 17.7 Å². The van der Waals surface area contributed by atoms with Crippen LogP contribution in [0.25, 0.3) is 11.0 Å². The van der Waals surface area contributed by atoms with Gasteiger partial charge in [-0.3, -0.25) is 0 Å². The number of hydrogen-bond donors (Lipinski definition) is 2. The van der Waals surface area contributed by atoms with E-state index < -0.39 is 0 Å². The third-order valence-electron chi connectivity index (χ3n) is 1.40. The fraction of sp³-hybridized carbons (Fsp3) is 0. The smallest absolute Gasteiger partial charge is 0.143 e. The van der Waals surface area contributed by atoms with Crippen LogP contribution in [-0.4, -0.2) is 15.0 Å². The fourth-order valence-electron chi connectivity index (χ4n) is 0.909. The van der Waals surface area contributed by atoms with E-state index in [9.17, 15) is 0 Å². The van der Waals surface area contributed by atoms with Gasteiger partial charge in [-0.15, -0.1) is 12.6 Å². The molecule has 1 N–H and O–H groups in total. The Morgan fingerprint density at radius 1 is 1.45 bits per heavy atom. The summed E-state index contributed by atoms with van der Waals surface area (Å²) in [5, 5.41) is 1.21. The van der Waals surface area contributed by atoms with Gasteiger partial charge >= 0.3 is 0 Å². The highest BCUT2D eigenvalue weighted by atomic mass is 35.5. The zero-order chi connectivity index (χ0) is 7.84. The molecule has 0 aliphatic carbocycles. The molecule has 11 heavy (non-hydrogen) atoms. The van der Waals surface area contributed by atoms with Crippen LogP contribution in [0, 0.1) is 0 Å². The molecule has 0 aliphatic heterocycles. The molecular formula is C6H4ClN3S. The molecule has 0 fully saturated rings. The predicted molar refractivity (Wildman–Crippen MR) is 46.2 cm³/mol. The Kier molecular flexibility index (Phi) is 1.51. The Hall–Kier alpha value is -0.740. The maximum Gasteiger partial charge on any atom is 0.143 e. The molecule has 2 heterocycles.